The second-order valence-electron chi connectivity index (χ2n) is 6.97. The zero-order chi connectivity index (χ0) is 19.4. The van der Waals surface area contributed by atoms with E-state index in [4.69, 9.17) is 4.98 Å². The van der Waals surface area contributed by atoms with Crippen LogP contribution in [0.2, 0.25) is 0 Å². The molecular weight excluding hydrogens is 341 g/mol. The van der Waals surface area contributed by atoms with E-state index in [1.54, 1.807) is 12.1 Å². The van der Waals surface area contributed by atoms with Gasteiger partial charge in [-0.15, -0.1) is 0 Å². The number of nitrogens with one attached hydrogen (secondary N) is 1. The molecule has 0 saturated carbocycles. The molecule has 1 aromatic heterocycles. The molecule has 5 heteroatoms. The lowest BCUT2D eigenvalue weighted by Crippen LogP contribution is -2.25. The third kappa shape index (κ3) is 4.35. The number of carbonyl (C=O) groups is 1. The second-order valence-corrected chi connectivity index (χ2v) is 6.97. The number of halogens is 1. The van der Waals surface area contributed by atoms with Crippen molar-refractivity contribution in [3.63, 3.8) is 0 Å². The van der Waals surface area contributed by atoms with Crippen LogP contribution in [0.5, 0.6) is 0 Å². The number of hydrogen-bond donors (Lipinski definition) is 1. The quantitative estimate of drug-likeness (QED) is 0.677. The van der Waals surface area contributed by atoms with Gasteiger partial charge >= 0.3 is 0 Å². The van der Waals surface area contributed by atoms with Crippen molar-refractivity contribution >= 4 is 16.9 Å². The van der Waals surface area contributed by atoms with Crippen molar-refractivity contribution in [2.45, 2.75) is 46.6 Å². The fraction of sp³-hybridized carbons (Fsp3) is 0.364. The number of aromatic nitrogens is 2. The summed E-state index contributed by atoms with van der Waals surface area (Å²) in [4.78, 5) is 16.8. The Labute approximate surface area is 159 Å². The van der Waals surface area contributed by atoms with Crippen molar-refractivity contribution in [1.82, 2.24) is 14.9 Å². The zero-order valence-electron chi connectivity index (χ0n) is 16.2. The monoisotopic (exact) mass is 367 g/mol. The molecular formula is C22H26FN3O. The van der Waals surface area contributed by atoms with Crippen molar-refractivity contribution in [2.75, 3.05) is 6.54 Å². The Morgan fingerprint density at radius 2 is 1.93 bits per heavy atom. The van der Waals surface area contributed by atoms with Gasteiger partial charge in [0.15, 0.2) is 0 Å². The molecule has 0 aliphatic heterocycles. The maximum Gasteiger partial charge on any atom is 0.221 e. The first-order valence-electron chi connectivity index (χ1n) is 9.46. The third-order valence-electron chi connectivity index (χ3n) is 4.88. The highest BCUT2D eigenvalue weighted by Gasteiger charge is 2.15. The van der Waals surface area contributed by atoms with Gasteiger partial charge in [-0.3, -0.25) is 4.79 Å². The summed E-state index contributed by atoms with van der Waals surface area (Å²) in [6, 6.07) is 10.9. The number of carbonyl (C=O) groups excluding carboxylic acids is 1. The number of amides is 1. The van der Waals surface area contributed by atoms with Crippen LogP contribution in [0.15, 0.2) is 36.4 Å². The molecule has 0 bridgehead atoms. The summed E-state index contributed by atoms with van der Waals surface area (Å²) >= 11 is 0. The SMILES string of the molecule is CCCNC(=O)CCn1c(Cc2ccccc2F)nc2cc(C)c(C)cc21. The number of hydrogen-bond acceptors (Lipinski definition) is 2. The lowest BCUT2D eigenvalue weighted by atomic mass is 10.1. The first kappa shape index (κ1) is 19.1. The molecule has 2 aromatic carbocycles. The smallest absolute Gasteiger partial charge is 0.221 e. The van der Waals surface area contributed by atoms with Gasteiger partial charge in [-0.25, -0.2) is 9.37 Å². The molecule has 3 rings (SSSR count). The van der Waals surface area contributed by atoms with Crippen LogP contribution in [0.3, 0.4) is 0 Å². The highest BCUT2D eigenvalue weighted by atomic mass is 19.1. The summed E-state index contributed by atoms with van der Waals surface area (Å²) in [5.74, 6) is 0.576. The summed E-state index contributed by atoms with van der Waals surface area (Å²) in [5, 5.41) is 2.91. The summed E-state index contributed by atoms with van der Waals surface area (Å²) in [5.41, 5.74) is 4.84. The summed E-state index contributed by atoms with van der Waals surface area (Å²) in [6.45, 7) is 7.36. The van der Waals surface area contributed by atoms with E-state index in [2.05, 4.69) is 35.9 Å². The van der Waals surface area contributed by atoms with E-state index in [1.807, 2.05) is 13.0 Å². The first-order chi connectivity index (χ1) is 13.0. The molecule has 142 valence electrons. The number of benzene rings is 2. The van der Waals surface area contributed by atoms with E-state index in [-0.39, 0.29) is 11.7 Å². The van der Waals surface area contributed by atoms with Crippen LogP contribution < -0.4 is 5.32 Å². The van der Waals surface area contributed by atoms with Gasteiger partial charge in [0.25, 0.3) is 0 Å². The van der Waals surface area contributed by atoms with Crippen molar-refractivity contribution in [3.8, 4) is 0 Å². The van der Waals surface area contributed by atoms with Crippen molar-refractivity contribution in [3.05, 3.63) is 64.7 Å². The maximum absolute atomic E-state index is 14.1. The number of fused-ring (bicyclic) bond motifs is 1. The number of aryl methyl sites for hydroxylation is 3. The van der Waals surface area contributed by atoms with Gasteiger partial charge in [0.2, 0.25) is 5.91 Å². The topological polar surface area (TPSA) is 46.9 Å². The van der Waals surface area contributed by atoms with Gasteiger partial charge in [-0.05, 0) is 55.2 Å². The van der Waals surface area contributed by atoms with Crippen molar-refractivity contribution in [2.24, 2.45) is 0 Å². The molecule has 27 heavy (non-hydrogen) atoms. The Morgan fingerprint density at radius 1 is 1.19 bits per heavy atom. The van der Waals surface area contributed by atoms with Gasteiger partial charge < -0.3 is 9.88 Å². The highest BCUT2D eigenvalue weighted by Crippen LogP contribution is 2.23. The minimum atomic E-state index is -0.232. The van der Waals surface area contributed by atoms with Gasteiger partial charge in [0.05, 0.1) is 11.0 Å². The van der Waals surface area contributed by atoms with Crippen LogP contribution in [-0.4, -0.2) is 22.0 Å². The van der Waals surface area contributed by atoms with E-state index in [1.165, 1.54) is 17.2 Å². The molecule has 0 unspecified atom stereocenters. The van der Waals surface area contributed by atoms with E-state index in [0.29, 0.717) is 31.5 Å². The van der Waals surface area contributed by atoms with Crippen LogP contribution in [0.1, 0.15) is 42.3 Å². The fourth-order valence-corrected chi connectivity index (χ4v) is 3.19. The molecule has 0 aliphatic carbocycles. The minimum Gasteiger partial charge on any atom is -0.356 e. The van der Waals surface area contributed by atoms with Crippen molar-refractivity contribution < 1.29 is 9.18 Å². The fourth-order valence-electron chi connectivity index (χ4n) is 3.19. The summed E-state index contributed by atoms with van der Waals surface area (Å²) in [7, 11) is 0. The molecule has 3 aromatic rings. The number of rotatable bonds is 7. The second kappa shape index (κ2) is 8.33. The third-order valence-corrected chi connectivity index (χ3v) is 4.88. The molecule has 1 N–H and O–H groups in total. The van der Waals surface area contributed by atoms with E-state index >= 15 is 0 Å². The number of nitrogens with zero attached hydrogens (tertiary/aromatic N) is 2. The lowest BCUT2D eigenvalue weighted by Gasteiger charge is -2.11. The van der Waals surface area contributed by atoms with Crippen LogP contribution in [0.4, 0.5) is 4.39 Å². The lowest BCUT2D eigenvalue weighted by molar-refractivity contribution is -0.121. The molecule has 1 amide bonds. The zero-order valence-corrected chi connectivity index (χ0v) is 16.2. The summed E-state index contributed by atoms with van der Waals surface area (Å²) in [6.07, 6.45) is 1.69. The molecule has 0 saturated heterocycles. The molecule has 0 spiro atoms. The highest BCUT2D eigenvalue weighted by molar-refractivity contribution is 5.79. The molecule has 4 nitrogen and oxygen atoms in total. The van der Waals surface area contributed by atoms with E-state index in [9.17, 15) is 9.18 Å². The van der Waals surface area contributed by atoms with E-state index in [0.717, 1.165) is 23.3 Å². The average molecular weight is 367 g/mol. The van der Waals surface area contributed by atoms with Crippen LogP contribution in [-0.2, 0) is 17.8 Å². The van der Waals surface area contributed by atoms with Gasteiger partial charge in [-0.1, -0.05) is 25.1 Å². The number of imidazole rings is 1. The minimum absolute atomic E-state index is 0.0272. The van der Waals surface area contributed by atoms with Crippen LogP contribution >= 0.6 is 0 Å². The van der Waals surface area contributed by atoms with Crippen LogP contribution in [0.25, 0.3) is 11.0 Å². The first-order valence-corrected chi connectivity index (χ1v) is 9.46. The molecule has 1 heterocycles. The normalized spacial score (nSPS) is 11.1. The van der Waals surface area contributed by atoms with E-state index < -0.39 is 0 Å². The standard InChI is InChI=1S/C22H26FN3O/c1-4-10-24-22(27)9-11-26-20-13-16(3)15(2)12-19(20)25-21(26)14-17-7-5-6-8-18(17)23/h5-8,12-13H,4,9-11,14H2,1-3H3,(H,24,27). The van der Waals surface area contributed by atoms with Gasteiger partial charge in [0.1, 0.15) is 11.6 Å². The Hall–Kier alpha value is -2.69. The molecule has 0 radical (unpaired) electrons. The van der Waals surface area contributed by atoms with Gasteiger partial charge in [0, 0.05) is 25.9 Å². The van der Waals surface area contributed by atoms with Gasteiger partial charge in [-0.2, -0.15) is 0 Å². The predicted molar refractivity (Wildman–Crippen MR) is 106 cm³/mol. The predicted octanol–water partition coefficient (Wildman–Crippen LogP) is 4.30. The Bertz CT molecular complexity index is 962. The Balaban J connectivity index is 1.95. The molecule has 0 aliphatic rings. The molecule has 0 fully saturated rings. The summed E-state index contributed by atoms with van der Waals surface area (Å²) < 4.78 is 16.2. The Kier molecular flexibility index (Phi) is 5.89. The average Bonchev–Trinajstić information content (AvgIpc) is 2.96. The molecule has 0 atom stereocenters. The Morgan fingerprint density at radius 3 is 2.67 bits per heavy atom. The maximum atomic E-state index is 14.1. The van der Waals surface area contributed by atoms with Crippen molar-refractivity contribution in [1.29, 1.82) is 0 Å². The van der Waals surface area contributed by atoms with Crippen LogP contribution in [0, 0.1) is 19.7 Å². The largest absolute Gasteiger partial charge is 0.356 e.